The number of anilines is 4. The highest BCUT2D eigenvalue weighted by Gasteiger charge is 2.22. The molecule has 0 spiro atoms. The summed E-state index contributed by atoms with van der Waals surface area (Å²) < 4.78 is 10.9. The number of rotatable bonds is 12. The van der Waals surface area contributed by atoms with Gasteiger partial charge in [-0.05, 0) is 29.7 Å². The summed E-state index contributed by atoms with van der Waals surface area (Å²) in [5.41, 5.74) is 27.0. The third-order valence-electron chi connectivity index (χ3n) is 10.4. The van der Waals surface area contributed by atoms with Crippen molar-refractivity contribution in [2.45, 2.75) is 32.7 Å². The first-order valence-electron chi connectivity index (χ1n) is 20.0. The van der Waals surface area contributed by atoms with Crippen molar-refractivity contribution in [3.05, 3.63) is 131 Å². The number of carbonyl (C=O) groups excluding carboxylic acids is 2. The molecule has 2 saturated heterocycles. The van der Waals surface area contributed by atoms with E-state index in [9.17, 15) is 9.59 Å². The second-order valence-electron chi connectivity index (χ2n) is 14.3. The Kier molecular flexibility index (Phi) is 13.7. The molecule has 15 nitrogen and oxygen atoms in total. The van der Waals surface area contributed by atoms with Crippen LogP contribution < -0.4 is 27.0 Å². The maximum Gasteiger partial charge on any atom is 0.189 e. The van der Waals surface area contributed by atoms with Crippen LogP contribution in [0.2, 0.25) is 0 Å². The number of hydrogen-bond acceptors (Lipinski definition) is 15. The average Bonchev–Trinajstić information content (AvgIpc) is 3.30. The summed E-state index contributed by atoms with van der Waals surface area (Å²) in [4.78, 5) is 56.5. The standard InChI is InChI=1S/C23H25N5O2.C22H24N6O2/c1-2-16-3-5-17(6-4-16)19-15-26-23(24)22(27-19)21(29)13-18-14-25-8-7-20(18)28-9-11-30-12-10-28;23-12-15-1-3-16(4-2-15)18-14-26-22(24)21(27-18)20(29)11-17-13-25-6-5-19(17)28-7-9-30-10-8-28/h3-8,14-15H,2,9-13H2,1H3,(H2,24,26);1-6,13-14H,7-12,23H2,(H2,24,26). The fraction of sp³-hybridized carbons (Fsp3) is 0.289. The summed E-state index contributed by atoms with van der Waals surface area (Å²) in [6, 6.07) is 19.6. The number of nitrogen functional groups attached to an aromatic ring is 2. The number of carbonyl (C=O) groups is 2. The molecular formula is C45H49N11O4. The molecule has 4 aromatic heterocycles. The molecule has 2 aromatic carbocycles. The van der Waals surface area contributed by atoms with Gasteiger partial charge in [-0.3, -0.25) is 19.6 Å². The number of benzene rings is 2. The zero-order valence-electron chi connectivity index (χ0n) is 33.7. The first kappa shape index (κ1) is 41.5. The normalized spacial score (nSPS) is 14.0. The lowest BCUT2D eigenvalue weighted by molar-refractivity contribution is 0.0980. The maximum atomic E-state index is 13.1. The minimum atomic E-state index is -0.192. The van der Waals surface area contributed by atoms with Crippen molar-refractivity contribution in [1.82, 2.24) is 29.9 Å². The Balaban J connectivity index is 0.000000181. The Labute approximate surface area is 349 Å². The summed E-state index contributed by atoms with van der Waals surface area (Å²) >= 11 is 0. The minimum Gasteiger partial charge on any atom is -0.382 e. The molecule has 6 aromatic rings. The highest BCUT2D eigenvalue weighted by Crippen LogP contribution is 2.26. The third kappa shape index (κ3) is 10.1. The number of ketones is 2. The van der Waals surface area contributed by atoms with Crippen LogP contribution in [0.15, 0.2) is 97.8 Å². The molecule has 0 radical (unpaired) electrons. The van der Waals surface area contributed by atoms with E-state index in [1.807, 2.05) is 48.5 Å². The van der Waals surface area contributed by atoms with Crippen LogP contribution in [0.1, 0.15) is 50.2 Å². The maximum absolute atomic E-state index is 13.1. The lowest BCUT2D eigenvalue weighted by Gasteiger charge is -2.30. The topological polar surface area (TPSA) is 214 Å². The Morgan fingerprint density at radius 2 is 1.02 bits per heavy atom. The minimum absolute atomic E-state index is 0.124. The fourth-order valence-electron chi connectivity index (χ4n) is 7.06. The van der Waals surface area contributed by atoms with Gasteiger partial charge >= 0.3 is 0 Å². The molecule has 6 N–H and O–H groups in total. The Hall–Kier alpha value is -6.68. The summed E-state index contributed by atoms with van der Waals surface area (Å²) in [5, 5.41) is 0. The van der Waals surface area contributed by atoms with E-state index < -0.39 is 0 Å². The van der Waals surface area contributed by atoms with E-state index in [2.05, 4.69) is 58.8 Å². The van der Waals surface area contributed by atoms with Gasteiger partial charge in [-0.15, -0.1) is 0 Å². The van der Waals surface area contributed by atoms with Crippen LogP contribution in [0.3, 0.4) is 0 Å². The average molecular weight is 808 g/mol. The predicted octanol–water partition coefficient (Wildman–Crippen LogP) is 4.79. The van der Waals surface area contributed by atoms with Gasteiger partial charge in [0.25, 0.3) is 0 Å². The fourth-order valence-corrected chi connectivity index (χ4v) is 7.06. The molecule has 6 heterocycles. The molecule has 0 unspecified atom stereocenters. The Morgan fingerprint density at radius 1 is 0.600 bits per heavy atom. The van der Waals surface area contributed by atoms with Crippen LogP contribution in [0.4, 0.5) is 23.0 Å². The van der Waals surface area contributed by atoms with E-state index >= 15 is 0 Å². The van der Waals surface area contributed by atoms with E-state index in [0.717, 1.165) is 71.8 Å². The second-order valence-corrected chi connectivity index (χ2v) is 14.3. The molecule has 60 heavy (non-hydrogen) atoms. The van der Waals surface area contributed by atoms with Gasteiger partial charge < -0.3 is 36.5 Å². The lowest BCUT2D eigenvalue weighted by Crippen LogP contribution is -2.37. The first-order valence-corrected chi connectivity index (χ1v) is 20.0. The number of hydrogen-bond donors (Lipinski definition) is 3. The zero-order chi connectivity index (χ0) is 41.8. The van der Waals surface area contributed by atoms with Gasteiger partial charge in [-0.1, -0.05) is 55.5 Å². The van der Waals surface area contributed by atoms with Crippen molar-refractivity contribution in [2.75, 3.05) is 73.9 Å². The van der Waals surface area contributed by atoms with E-state index in [0.29, 0.717) is 44.4 Å². The molecule has 2 fully saturated rings. The number of aryl methyl sites for hydroxylation is 1. The van der Waals surface area contributed by atoms with Crippen molar-refractivity contribution < 1.29 is 19.1 Å². The molecule has 2 aliphatic heterocycles. The molecule has 8 rings (SSSR count). The van der Waals surface area contributed by atoms with Gasteiger partial charge in [0.2, 0.25) is 0 Å². The molecule has 0 bridgehead atoms. The zero-order valence-corrected chi connectivity index (χ0v) is 33.7. The van der Waals surface area contributed by atoms with Crippen LogP contribution in [0, 0.1) is 0 Å². The number of ether oxygens (including phenoxy) is 2. The van der Waals surface area contributed by atoms with Crippen molar-refractivity contribution in [3.8, 4) is 22.5 Å². The van der Waals surface area contributed by atoms with E-state index in [1.165, 1.54) is 5.56 Å². The smallest absolute Gasteiger partial charge is 0.189 e. The molecule has 308 valence electrons. The van der Waals surface area contributed by atoms with Crippen LogP contribution in [-0.4, -0.2) is 94.1 Å². The summed E-state index contributed by atoms with van der Waals surface area (Å²) in [6.07, 6.45) is 11.4. The lowest BCUT2D eigenvalue weighted by atomic mass is 10.0. The number of morpholine rings is 2. The first-order chi connectivity index (χ1) is 29.3. The highest BCUT2D eigenvalue weighted by molar-refractivity contribution is 6.01. The number of aromatic nitrogens is 6. The largest absolute Gasteiger partial charge is 0.382 e. The summed E-state index contributed by atoms with van der Waals surface area (Å²) in [6.45, 7) is 8.39. The molecule has 2 aliphatic rings. The van der Waals surface area contributed by atoms with Gasteiger partial charge in [0.1, 0.15) is 11.4 Å². The predicted molar refractivity (Wildman–Crippen MR) is 232 cm³/mol. The van der Waals surface area contributed by atoms with Crippen LogP contribution in [-0.2, 0) is 35.3 Å². The molecular weight excluding hydrogens is 759 g/mol. The van der Waals surface area contributed by atoms with E-state index in [-0.39, 0.29) is 47.4 Å². The molecule has 0 aliphatic carbocycles. The van der Waals surface area contributed by atoms with Gasteiger partial charge in [0.15, 0.2) is 23.2 Å². The van der Waals surface area contributed by atoms with Crippen molar-refractivity contribution in [2.24, 2.45) is 5.73 Å². The number of nitrogens with two attached hydrogens (primary N) is 3. The van der Waals surface area contributed by atoms with E-state index in [4.69, 9.17) is 26.7 Å². The van der Waals surface area contributed by atoms with Crippen molar-refractivity contribution in [3.63, 3.8) is 0 Å². The Morgan fingerprint density at radius 3 is 1.42 bits per heavy atom. The molecule has 0 saturated carbocycles. The quantitative estimate of drug-likeness (QED) is 0.142. The van der Waals surface area contributed by atoms with Gasteiger partial charge in [0, 0.05) is 104 Å². The number of pyridine rings is 2. The SMILES string of the molecule is CCc1ccc(-c2cnc(N)c(C(=O)Cc3cnccc3N3CCOCC3)n2)cc1.NCc1ccc(-c2cnc(N)c(C(=O)Cc3cnccc3N3CCOCC3)n2)cc1. The molecule has 15 heteroatoms. The summed E-state index contributed by atoms with van der Waals surface area (Å²) in [7, 11) is 0. The van der Waals surface area contributed by atoms with Gasteiger partial charge in [0.05, 0.1) is 50.2 Å². The molecule has 0 amide bonds. The Bertz CT molecular complexity index is 2230. The van der Waals surface area contributed by atoms with Crippen LogP contribution in [0.25, 0.3) is 22.5 Å². The summed E-state index contributed by atoms with van der Waals surface area (Å²) in [5.74, 6) is -0.0950. The number of nitrogens with zero attached hydrogens (tertiary/aromatic N) is 8. The molecule has 0 atom stereocenters. The monoisotopic (exact) mass is 807 g/mol. The highest BCUT2D eigenvalue weighted by atomic mass is 16.5. The van der Waals surface area contributed by atoms with E-state index in [1.54, 1.807) is 37.2 Å². The second kappa shape index (κ2) is 19.8. The number of Topliss-reactive ketones (excluding diaryl/α,β-unsaturated/α-hetero) is 2. The third-order valence-corrected chi connectivity index (χ3v) is 10.4. The van der Waals surface area contributed by atoms with Gasteiger partial charge in [-0.2, -0.15) is 0 Å². The van der Waals surface area contributed by atoms with Crippen molar-refractivity contribution in [1.29, 1.82) is 0 Å². The van der Waals surface area contributed by atoms with Crippen LogP contribution >= 0.6 is 0 Å². The van der Waals surface area contributed by atoms with Crippen LogP contribution in [0.5, 0.6) is 0 Å². The van der Waals surface area contributed by atoms with Gasteiger partial charge in [-0.25, -0.2) is 19.9 Å². The van der Waals surface area contributed by atoms with Crippen molar-refractivity contribution >= 4 is 34.6 Å².